The number of piperazine rings is 1. The largest absolute Gasteiger partial charge is 0.493 e. The molecule has 0 unspecified atom stereocenters. The zero-order valence-corrected chi connectivity index (χ0v) is 28.7. The van der Waals surface area contributed by atoms with Crippen molar-refractivity contribution in [2.45, 2.75) is 39.7 Å². The minimum Gasteiger partial charge on any atom is -0.493 e. The molecule has 2 aliphatic rings. The number of para-hydroxylation sites is 1. The van der Waals surface area contributed by atoms with Crippen LogP contribution in [0.15, 0.2) is 52.2 Å². The Morgan fingerprint density at radius 2 is 1.72 bits per heavy atom. The fraction of sp³-hybridized carbons (Fsp3) is 0.371. The Morgan fingerprint density at radius 1 is 1.02 bits per heavy atom. The van der Waals surface area contributed by atoms with Gasteiger partial charge < -0.3 is 19.3 Å². The first kappa shape index (κ1) is 34.0. The molecular weight excluding hydrogens is 638 g/mol. The van der Waals surface area contributed by atoms with Crippen molar-refractivity contribution in [2.75, 3.05) is 56.7 Å². The summed E-state index contributed by atoms with van der Waals surface area (Å²) in [5.74, 6) is 1.41. The van der Waals surface area contributed by atoms with E-state index >= 15 is 0 Å². The molecule has 47 heavy (non-hydrogen) atoms. The van der Waals surface area contributed by atoms with E-state index in [1.54, 1.807) is 48.8 Å². The molecule has 0 N–H and O–H groups in total. The average Bonchev–Trinajstić information content (AvgIpc) is 3.35. The highest BCUT2D eigenvalue weighted by atomic mass is 32.2. The van der Waals surface area contributed by atoms with Gasteiger partial charge in [0.15, 0.2) is 11.5 Å². The third-order valence-corrected chi connectivity index (χ3v) is 9.95. The van der Waals surface area contributed by atoms with Crippen molar-refractivity contribution < 1.29 is 18.7 Å². The number of ether oxygens (including phenoxy) is 2. The Morgan fingerprint density at radius 3 is 2.38 bits per heavy atom. The van der Waals surface area contributed by atoms with E-state index in [-0.39, 0.29) is 22.8 Å². The number of nitriles is 1. The van der Waals surface area contributed by atoms with Gasteiger partial charge in [-0.15, -0.1) is 0 Å². The Balaban J connectivity index is 1.48. The second-order valence-electron chi connectivity index (χ2n) is 11.4. The van der Waals surface area contributed by atoms with E-state index in [0.29, 0.717) is 89.0 Å². The quantitative estimate of drug-likeness (QED) is 0.186. The minimum absolute atomic E-state index is 0.0602. The van der Waals surface area contributed by atoms with Gasteiger partial charge in [-0.2, -0.15) is 5.26 Å². The molecule has 12 heteroatoms. The van der Waals surface area contributed by atoms with E-state index in [1.807, 2.05) is 36.1 Å². The van der Waals surface area contributed by atoms with E-state index in [2.05, 4.69) is 11.0 Å². The van der Waals surface area contributed by atoms with Crippen LogP contribution in [0.1, 0.15) is 42.0 Å². The Bertz CT molecular complexity index is 1810. The van der Waals surface area contributed by atoms with Gasteiger partial charge in [-0.25, -0.2) is 4.39 Å². The summed E-state index contributed by atoms with van der Waals surface area (Å²) in [6.07, 6.45) is 3.94. The Hall–Kier alpha value is -4.34. The van der Waals surface area contributed by atoms with Gasteiger partial charge in [-0.3, -0.25) is 19.1 Å². The van der Waals surface area contributed by atoms with Gasteiger partial charge in [0.2, 0.25) is 0 Å². The predicted octanol–water partition coefficient (Wildman–Crippen LogP) is 5.76. The van der Waals surface area contributed by atoms with Crippen LogP contribution in [0.5, 0.6) is 11.5 Å². The third-order valence-electron chi connectivity index (χ3n) is 8.58. The maximum Gasteiger partial charge on any atom is 0.270 e. The Labute approximate surface area is 284 Å². The summed E-state index contributed by atoms with van der Waals surface area (Å²) in [6, 6.07) is 14.5. The molecule has 0 bridgehead atoms. The van der Waals surface area contributed by atoms with Crippen molar-refractivity contribution in [3.63, 3.8) is 0 Å². The van der Waals surface area contributed by atoms with Gasteiger partial charge in [-0.05, 0) is 61.2 Å². The predicted molar refractivity (Wildman–Crippen MR) is 189 cm³/mol. The first-order chi connectivity index (χ1) is 22.7. The molecule has 5 rings (SSSR count). The first-order valence-electron chi connectivity index (χ1n) is 15.6. The number of hydrogen-bond donors (Lipinski definition) is 0. The maximum atomic E-state index is 14.6. The van der Waals surface area contributed by atoms with Gasteiger partial charge in [0.05, 0.1) is 24.8 Å². The van der Waals surface area contributed by atoms with E-state index in [0.717, 1.165) is 18.4 Å². The van der Waals surface area contributed by atoms with E-state index < -0.39 is 0 Å². The molecule has 1 amide bonds. The molecule has 3 aromatic rings. The first-order valence-corrected chi connectivity index (χ1v) is 16.8. The molecule has 0 aliphatic carbocycles. The van der Waals surface area contributed by atoms with Gasteiger partial charge in [-0.1, -0.05) is 55.5 Å². The number of amides is 1. The lowest BCUT2D eigenvalue weighted by molar-refractivity contribution is -0.122. The number of rotatable bonds is 11. The number of pyridine rings is 1. The molecule has 1 aromatic heterocycles. The molecule has 0 radical (unpaired) electrons. The number of carbonyl (C=O) groups excluding carboxylic acids is 1. The lowest BCUT2D eigenvalue weighted by Gasteiger charge is -2.39. The van der Waals surface area contributed by atoms with Crippen LogP contribution in [0.2, 0.25) is 0 Å². The summed E-state index contributed by atoms with van der Waals surface area (Å²) in [7, 11) is 3.16. The summed E-state index contributed by atoms with van der Waals surface area (Å²) in [5.41, 5.74) is 2.40. The molecule has 2 fully saturated rings. The van der Waals surface area contributed by atoms with Crippen LogP contribution in [0.4, 0.5) is 15.9 Å². The van der Waals surface area contributed by atoms with Crippen molar-refractivity contribution in [1.82, 2.24) is 9.47 Å². The number of benzene rings is 2. The number of methoxy groups -OCH3 is 2. The minimum atomic E-state index is -0.343. The number of anilines is 2. The summed E-state index contributed by atoms with van der Waals surface area (Å²) in [6.45, 7) is 6.75. The highest BCUT2D eigenvalue weighted by Crippen LogP contribution is 2.37. The number of unbranched alkanes of at least 4 members (excludes halogenated alkanes) is 1. The number of nitrogens with zero attached hydrogens (tertiary/aromatic N) is 5. The fourth-order valence-electron chi connectivity index (χ4n) is 5.98. The molecule has 2 saturated heterocycles. The van der Waals surface area contributed by atoms with Crippen LogP contribution in [0.25, 0.3) is 6.08 Å². The van der Waals surface area contributed by atoms with Crippen LogP contribution >= 0.6 is 24.0 Å². The number of carbonyl (C=O) groups is 1. The van der Waals surface area contributed by atoms with Crippen molar-refractivity contribution in [2.24, 2.45) is 0 Å². The van der Waals surface area contributed by atoms with Crippen molar-refractivity contribution in [3.8, 4) is 17.6 Å². The SMILES string of the molecule is CCCCn1c(N2CCN(c3ccccc3F)CC2)c(/C=C2\SC(=S)N(CCc3ccc(OC)c(OC)c3)C2=O)c(C)c(C#N)c1=O. The van der Waals surface area contributed by atoms with E-state index in [1.165, 1.54) is 17.8 Å². The summed E-state index contributed by atoms with van der Waals surface area (Å²) >= 11 is 6.87. The lowest BCUT2D eigenvalue weighted by Crippen LogP contribution is -2.49. The molecule has 3 heterocycles. The van der Waals surface area contributed by atoms with Gasteiger partial charge in [0.1, 0.15) is 27.6 Å². The van der Waals surface area contributed by atoms with Crippen molar-refractivity contribution in [1.29, 1.82) is 5.26 Å². The number of hydrogen-bond acceptors (Lipinski definition) is 9. The highest BCUT2D eigenvalue weighted by molar-refractivity contribution is 8.26. The zero-order chi connectivity index (χ0) is 33.7. The van der Waals surface area contributed by atoms with Crippen LogP contribution in [0.3, 0.4) is 0 Å². The van der Waals surface area contributed by atoms with Crippen LogP contribution < -0.4 is 24.8 Å². The molecule has 0 atom stereocenters. The third kappa shape index (κ3) is 7.01. The van der Waals surface area contributed by atoms with Gasteiger partial charge >= 0.3 is 0 Å². The molecule has 2 aliphatic heterocycles. The second kappa shape index (κ2) is 15.0. The van der Waals surface area contributed by atoms with Crippen LogP contribution in [0, 0.1) is 24.1 Å². The second-order valence-corrected chi connectivity index (χ2v) is 13.0. The Kier molecular flexibility index (Phi) is 10.9. The summed E-state index contributed by atoms with van der Waals surface area (Å²) in [4.78, 5) is 33.6. The molecule has 9 nitrogen and oxygen atoms in total. The standard InChI is InChI=1S/C35H38FN5O4S2/c1-5-6-14-40-32(39-18-16-38(17-19-39)28-10-8-7-9-27(28)36)25(23(2)26(22-37)33(40)42)21-31-34(43)41(35(46)47-31)15-13-24-11-12-29(44-3)30(20-24)45-4/h7-12,20-21H,5-6,13-19H2,1-4H3/b31-21-. The number of aromatic nitrogens is 1. The molecule has 0 spiro atoms. The van der Waals surface area contributed by atoms with Gasteiger partial charge in [0, 0.05) is 44.8 Å². The normalized spacial score (nSPS) is 15.8. The van der Waals surface area contributed by atoms with Crippen molar-refractivity contribution in [3.05, 3.63) is 85.8 Å². The van der Waals surface area contributed by atoms with Gasteiger partial charge in [0.25, 0.3) is 11.5 Å². The molecular formula is C35H38FN5O4S2. The van der Waals surface area contributed by atoms with E-state index in [9.17, 15) is 19.2 Å². The highest BCUT2D eigenvalue weighted by Gasteiger charge is 2.34. The number of thiocarbonyl (C=S) groups is 1. The monoisotopic (exact) mass is 675 g/mol. The lowest BCUT2D eigenvalue weighted by atomic mass is 10.0. The zero-order valence-electron chi connectivity index (χ0n) is 27.0. The summed E-state index contributed by atoms with van der Waals surface area (Å²) in [5, 5.41) is 10.0. The average molecular weight is 676 g/mol. The number of halogens is 1. The maximum absolute atomic E-state index is 14.6. The fourth-order valence-corrected chi connectivity index (χ4v) is 7.27. The molecule has 246 valence electrons. The molecule has 2 aromatic carbocycles. The van der Waals surface area contributed by atoms with E-state index in [4.69, 9.17) is 21.7 Å². The summed E-state index contributed by atoms with van der Waals surface area (Å²) < 4.78 is 27.5. The smallest absolute Gasteiger partial charge is 0.270 e. The van der Waals surface area contributed by atoms with Crippen molar-refractivity contribution >= 4 is 51.8 Å². The van der Waals surface area contributed by atoms with Crippen LogP contribution in [-0.4, -0.2) is 66.6 Å². The van der Waals surface area contributed by atoms with Crippen LogP contribution in [-0.2, 0) is 17.8 Å². The topological polar surface area (TPSA) is 91.0 Å². The molecule has 0 saturated carbocycles. The number of thioether (sulfide) groups is 1.